The molecule has 4 aromatic rings. The summed E-state index contributed by atoms with van der Waals surface area (Å²) >= 11 is 0. The van der Waals surface area contributed by atoms with E-state index in [2.05, 4.69) is 20.3 Å². The van der Waals surface area contributed by atoms with Gasteiger partial charge in [0, 0.05) is 19.0 Å². The lowest BCUT2D eigenvalue weighted by molar-refractivity contribution is -0.121. The highest BCUT2D eigenvalue weighted by Gasteiger charge is 2.10. The van der Waals surface area contributed by atoms with Gasteiger partial charge in [-0.2, -0.15) is 0 Å². The largest absolute Gasteiger partial charge is 0.497 e. The summed E-state index contributed by atoms with van der Waals surface area (Å²) in [6.45, 7) is 0.602. The van der Waals surface area contributed by atoms with E-state index < -0.39 is 0 Å². The van der Waals surface area contributed by atoms with Crippen LogP contribution >= 0.6 is 0 Å². The van der Waals surface area contributed by atoms with Crippen molar-refractivity contribution in [2.45, 2.75) is 19.5 Å². The lowest BCUT2D eigenvalue weighted by atomic mass is 10.3. The molecule has 0 spiro atoms. The van der Waals surface area contributed by atoms with Gasteiger partial charge in [0.2, 0.25) is 5.91 Å². The van der Waals surface area contributed by atoms with E-state index >= 15 is 0 Å². The maximum absolute atomic E-state index is 12.2. The number of fused-ring (bicyclic) bond motifs is 2. The van der Waals surface area contributed by atoms with Crippen LogP contribution in [0, 0.1) is 0 Å². The standard InChI is InChI=1S/C19H19N5O3/c1-27-12-6-7-13-15(10-12)22-17(21-13)11-20-18(25)8-9-24-16-5-3-2-4-14(16)23-19(24)26/h2-7,10H,8-9,11H2,1H3,(H,20,25)(H,21,22)(H,23,26). The van der Waals surface area contributed by atoms with Crippen molar-refractivity contribution in [1.82, 2.24) is 24.8 Å². The second kappa shape index (κ2) is 6.99. The van der Waals surface area contributed by atoms with E-state index in [1.165, 1.54) is 0 Å². The second-order valence-electron chi connectivity index (χ2n) is 6.19. The Balaban J connectivity index is 1.38. The lowest BCUT2D eigenvalue weighted by Gasteiger charge is -2.05. The highest BCUT2D eigenvalue weighted by Crippen LogP contribution is 2.18. The Bertz CT molecular complexity index is 1170. The summed E-state index contributed by atoms with van der Waals surface area (Å²) in [5.74, 6) is 1.26. The maximum atomic E-state index is 12.2. The maximum Gasteiger partial charge on any atom is 0.326 e. The molecule has 138 valence electrons. The molecule has 4 rings (SSSR count). The van der Waals surface area contributed by atoms with Crippen LogP contribution in [-0.2, 0) is 17.9 Å². The Kier molecular flexibility index (Phi) is 4.37. The van der Waals surface area contributed by atoms with E-state index in [-0.39, 0.29) is 18.0 Å². The van der Waals surface area contributed by atoms with Crippen LogP contribution < -0.4 is 15.7 Å². The van der Waals surface area contributed by atoms with Crippen LogP contribution in [0.5, 0.6) is 5.75 Å². The minimum atomic E-state index is -0.213. The van der Waals surface area contributed by atoms with Crippen LogP contribution in [0.2, 0.25) is 0 Å². The molecule has 0 aliphatic carbocycles. The first-order valence-corrected chi connectivity index (χ1v) is 8.61. The number of carbonyl (C=O) groups is 1. The summed E-state index contributed by atoms with van der Waals surface area (Å²) in [6.07, 6.45) is 0.204. The number of methoxy groups -OCH3 is 1. The van der Waals surface area contributed by atoms with Crippen molar-refractivity contribution in [2.75, 3.05) is 7.11 Å². The predicted octanol–water partition coefficient (Wildman–Crippen LogP) is 1.92. The Labute approximate surface area is 154 Å². The van der Waals surface area contributed by atoms with Crippen LogP contribution in [-0.4, -0.2) is 32.5 Å². The van der Waals surface area contributed by atoms with Crippen LogP contribution in [0.3, 0.4) is 0 Å². The molecule has 0 aliphatic heterocycles. The molecule has 0 unspecified atom stereocenters. The fourth-order valence-electron chi connectivity index (χ4n) is 3.07. The van der Waals surface area contributed by atoms with Crippen molar-refractivity contribution in [3.8, 4) is 5.75 Å². The summed E-state index contributed by atoms with van der Waals surface area (Å²) in [4.78, 5) is 34.6. The predicted molar refractivity (Wildman–Crippen MR) is 102 cm³/mol. The van der Waals surface area contributed by atoms with Gasteiger partial charge < -0.3 is 20.0 Å². The first kappa shape index (κ1) is 16.9. The number of ether oxygens (including phenoxy) is 1. The number of hydrogen-bond acceptors (Lipinski definition) is 4. The molecule has 8 heteroatoms. The third-order valence-corrected chi connectivity index (χ3v) is 4.44. The number of aromatic nitrogens is 4. The van der Waals surface area contributed by atoms with Crippen LogP contribution in [0.15, 0.2) is 47.3 Å². The van der Waals surface area contributed by atoms with Gasteiger partial charge in [-0.25, -0.2) is 9.78 Å². The van der Waals surface area contributed by atoms with Gasteiger partial charge in [0.05, 0.1) is 35.7 Å². The molecule has 0 atom stereocenters. The zero-order valence-corrected chi connectivity index (χ0v) is 14.8. The van der Waals surface area contributed by atoms with Gasteiger partial charge in [0.1, 0.15) is 11.6 Å². The molecule has 2 aromatic heterocycles. The lowest BCUT2D eigenvalue weighted by Crippen LogP contribution is -2.26. The van der Waals surface area contributed by atoms with Crippen molar-refractivity contribution in [3.05, 3.63) is 58.8 Å². The first-order valence-electron chi connectivity index (χ1n) is 8.61. The van der Waals surface area contributed by atoms with Gasteiger partial charge in [-0.3, -0.25) is 9.36 Å². The average molecular weight is 365 g/mol. The summed E-state index contributed by atoms with van der Waals surface area (Å²) in [6, 6.07) is 13.0. The number of aromatic amines is 2. The van der Waals surface area contributed by atoms with E-state index in [4.69, 9.17) is 4.74 Å². The molecule has 1 amide bonds. The fourth-order valence-corrected chi connectivity index (χ4v) is 3.07. The molecular weight excluding hydrogens is 346 g/mol. The van der Waals surface area contributed by atoms with Crippen LogP contribution in [0.1, 0.15) is 12.2 Å². The minimum absolute atomic E-state index is 0.148. The van der Waals surface area contributed by atoms with Crippen molar-refractivity contribution in [3.63, 3.8) is 0 Å². The van der Waals surface area contributed by atoms with Crippen molar-refractivity contribution < 1.29 is 9.53 Å². The summed E-state index contributed by atoms with van der Waals surface area (Å²) in [5, 5.41) is 2.83. The molecular formula is C19H19N5O3. The third kappa shape index (κ3) is 3.41. The summed E-state index contributed by atoms with van der Waals surface area (Å²) in [7, 11) is 1.61. The molecule has 2 heterocycles. The summed E-state index contributed by atoms with van der Waals surface area (Å²) in [5.41, 5.74) is 3.01. The minimum Gasteiger partial charge on any atom is -0.497 e. The SMILES string of the molecule is COc1ccc2nc(CNC(=O)CCn3c(=O)[nH]c4ccccc43)[nH]c2c1. The van der Waals surface area contributed by atoms with E-state index in [9.17, 15) is 9.59 Å². The number of nitrogens with zero attached hydrogens (tertiary/aromatic N) is 2. The number of imidazole rings is 2. The number of carbonyl (C=O) groups excluding carboxylic acids is 1. The number of benzene rings is 2. The van der Waals surface area contributed by atoms with Gasteiger partial charge in [0.15, 0.2) is 0 Å². The van der Waals surface area contributed by atoms with Crippen molar-refractivity contribution in [2.24, 2.45) is 0 Å². The zero-order chi connectivity index (χ0) is 18.8. The molecule has 0 radical (unpaired) electrons. The first-order chi connectivity index (χ1) is 13.1. The van der Waals surface area contributed by atoms with Crippen molar-refractivity contribution >= 4 is 28.0 Å². The molecule has 0 fully saturated rings. The number of aryl methyl sites for hydroxylation is 1. The third-order valence-electron chi connectivity index (χ3n) is 4.44. The molecule has 2 aromatic carbocycles. The number of nitrogens with one attached hydrogen (secondary N) is 3. The van der Waals surface area contributed by atoms with E-state index in [0.717, 1.165) is 27.8 Å². The van der Waals surface area contributed by atoms with E-state index in [1.54, 1.807) is 11.7 Å². The molecule has 27 heavy (non-hydrogen) atoms. The van der Waals surface area contributed by atoms with Gasteiger partial charge in [-0.1, -0.05) is 12.1 Å². The number of amides is 1. The number of rotatable bonds is 6. The zero-order valence-electron chi connectivity index (χ0n) is 14.8. The molecule has 0 saturated carbocycles. The number of H-pyrrole nitrogens is 2. The Morgan fingerprint density at radius 3 is 2.89 bits per heavy atom. The molecule has 8 nitrogen and oxygen atoms in total. The molecule has 0 saturated heterocycles. The van der Waals surface area contributed by atoms with Crippen molar-refractivity contribution in [1.29, 1.82) is 0 Å². The Morgan fingerprint density at radius 2 is 2.04 bits per heavy atom. The van der Waals surface area contributed by atoms with Crippen LogP contribution in [0.25, 0.3) is 22.1 Å². The monoisotopic (exact) mass is 365 g/mol. The molecule has 0 aliphatic rings. The average Bonchev–Trinajstić information content (AvgIpc) is 3.23. The topological polar surface area (TPSA) is 105 Å². The van der Waals surface area contributed by atoms with E-state index in [1.807, 2.05) is 42.5 Å². The summed E-state index contributed by atoms with van der Waals surface area (Å²) < 4.78 is 6.76. The smallest absolute Gasteiger partial charge is 0.326 e. The Morgan fingerprint density at radius 1 is 1.19 bits per heavy atom. The van der Waals surface area contributed by atoms with Gasteiger partial charge >= 0.3 is 5.69 Å². The highest BCUT2D eigenvalue weighted by atomic mass is 16.5. The van der Waals surface area contributed by atoms with E-state index in [0.29, 0.717) is 18.9 Å². The van der Waals surface area contributed by atoms with Gasteiger partial charge in [-0.05, 0) is 24.3 Å². The quantitative estimate of drug-likeness (QED) is 0.485. The highest BCUT2D eigenvalue weighted by molar-refractivity contribution is 5.78. The molecule has 0 bridgehead atoms. The normalized spacial score (nSPS) is 11.1. The van der Waals surface area contributed by atoms with Crippen LogP contribution in [0.4, 0.5) is 0 Å². The number of para-hydroxylation sites is 2. The van der Waals surface area contributed by atoms with Gasteiger partial charge in [0.25, 0.3) is 0 Å². The molecule has 3 N–H and O–H groups in total. The number of hydrogen-bond donors (Lipinski definition) is 3. The second-order valence-corrected chi connectivity index (χ2v) is 6.19. The fraction of sp³-hybridized carbons (Fsp3) is 0.211. The van der Waals surface area contributed by atoms with Gasteiger partial charge in [-0.15, -0.1) is 0 Å². The Hall–Kier alpha value is -3.55.